The molecule has 0 radical (unpaired) electrons. The number of nitrogens with zero attached hydrogens (tertiary/aromatic N) is 1. The van der Waals surface area contributed by atoms with Gasteiger partial charge in [-0.05, 0) is 148 Å². The number of benzene rings is 5. The average Bonchev–Trinajstić information content (AvgIpc) is 3.27. The van der Waals surface area contributed by atoms with Gasteiger partial charge in [-0.2, -0.15) is 5.26 Å². The van der Waals surface area contributed by atoms with Crippen LogP contribution >= 0.6 is 0 Å². The molecule has 0 N–H and O–H groups in total. The lowest BCUT2D eigenvalue weighted by Gasteiger charge is -2.28. The molecule has 5 rings (SSSR count). The van der Waals surface area contributed by atoms with Crippen LogP contribution in [0.4, 0.5) is 0 Å². The maximum atomic E-state index is 13.1. The van der Waals surface area contributed by atoms with Crippen molar-refractivity contribution in [2.24, 2.45) is 10.8 Å². The molecule has 0 saturated heterocycles. The van der Waals surface area contributed by atoms with Gasteiger partial charge in [0.2, 0.25) is 13.6 Å². The molecular weight excluding hydrogens is 767 g/mol. The SMILES string of the molecule is CCC(C)(CCCC(C)(C)C(=O)OCOc1ccc(C(=O)Oc2ccc(-c3ccc(OC)cc3)cc2)cc1)C(=O)OCOc1ccc(C(=O)Oc2ccc(C#N)cc2)cc1. The first-order chi connectivity index (χ1) is 28.8. The van der Waals surface area contributed by atoms with Crippen LogP contribution in [0.25, 0.3) is 11.1 Å². The molecular formula is C48H47NO11. The fourth-order valence-corrected chi connectivity index (χ4v) is 5.92. The minimum Gasteiger partial charge on any atom is -0.497 e. The molecule has 0 aromatic heterocycles. The van der Waals surface area contributed by atoms with Crippen LogP contribution in [0.15, 0.2) is 121 Å². The van der Waals surface area contributed by atoms with E-state index in [0.29, 0.717) is 59.8 Å². The summed E-state index contributed by atoms with van der Waals surface area (Å²) >= 11 is 0. The molecule has 0 bridgehead atoms. The zero-order valence-corrected chi connectivity index (χ0v) is 34.2. The van der Waals surface area contributed by atoms with E-state index >= 15 is 0 Å². The predicted octanol–water partition coefficient (Wildman–Crippen LogP) is 9.74. The van der Waals surface area contributed by atoms with Gasteiger partial charge in [0.05, 0.1) is 40.7 Å². The van der Waals surface area contributed by atoms with Crippen LogP contribution in [0.5, 0.6) is 28.7 Å². The molecule has 1 atom stereocenters. The summed E-state index contributed by atoms with van der Waals surface area (Å²) in [7, 11) is 1.62. The van der Waals surface area contributed by atoms with Crippen LogP contribution in [0, 0.1) is 22.2 Å². The molecule has 1 unspecified atom stereocenters. The van der Waals surface area contributed by atoms with Crippen LogP contribution in [0.1, 0.15) is 79.7 Å². The van der Waals surface area contributed by atoms with E-state index in [1.54, 1.807) is 81.6 Å². The van der Waals surface area contributed by atoms with Crippen molar-refractivity contribution >= 4 is 23.9 Å². The van der Waals surface area contributed by atoms with Crippen molar-refractivity contribution in [2.45, 2.75) is 53.4 Å². The lowest BCUT2D eigenvalue weighted by Crippen LogP contribution is -2.32. The van der Waals surface area contributed by atoms with Gasteiger partial charge in [0.25, 0.3) is 0 Å². The van der Waals surface area contributed by atoms with Crippen LogP contribution in [0.3, 0.4) is 0 Å². The molecule has 12 heteroatoms. The number of hydrogen-bond acceptors (Lipinski definition) is 12. The van der Waals surface area contributed by atoms with Crippen molar-refractivity contribution in [3.05, 3.63) is 138 Å². The quantitative estimate of drug-likeness (QED) is 0.0442. The van der Waals surface area contributed by atoms with Crippen molar-refractivity contribution in [2.75, 3.05) is 20.7 Å². The fourth-order valence-electron chi connectivity index (χ4n) is 5.92. The molecule has 0 heterocycles. The van der Waals surface area contributed by atoms with Crippen LogP contribution in [-0.4, -0.2) is 44.6 Å². The summed E-state index contributed by atoms with van der Waals surface area (Å²) < 4.78 is 38.2. The van der Waals surface area contributed by atoms with Gasteiger partial charge in [-0.1, -0.05) is 37.6 Å². The van der Waals surface area contributed by atoms with E-state index in [1.165, 1.54) is 24.3 Å². The zero-order chi connectivity index (χ0) is 43.1. The fraction of sp³-hybridized carbons (Fsp3) is 0.271. The summed E-state index contributed by atoms with van der Waals surface area (Å²) in [6.07, 6.45) is 1.98. The Labute approximate surface area is 349 Å². The Kier molecular flexibility index (Phi) is 15.0. The number of rotatable bonds is 19. The number of methoxy groups -OCH3 is 1. The van der Waals surface area contributed by atoms with E-state index in [0.717, 1.165) is 16.9 Å². The average molecular weight is 814 g/mol. The number of carbonyl (C=O) groups excluding carboxylic acids is 4. The Hall–Kier alpha value is -7.13. The van der Waals surface area contributed by atoms with Crippen molar-refractivity contribution in [3.8, 4) is 45.9 Å². The molecule has 12 nitrogen and oxygen atoms in total. The molecule has 0 fully saturated rings. The Morgan fingerprint density at radius 1 is 0.550 bits per heavy atom. The third-order valence-electron chi connectivity index (χ3n) is 10.0. The predicted molar refractivity (Wildman–Crippen MR) is 222 cm³/mol. The third kappa shape index (κ3) is 12.2. The van der Waals surface area contributed by atoms with Crippen LogP contribution in [0.2, 0.25) is 0 Å². The molecule has 0 saturated carbocycles. The first-order valence-electron chi connectivity index (χ1n) is 19.3. The highest BCUT2D eigenvalue weighted by Crippen LogP contribution is 2.34. The van der Waals surface area contributed by atoms with Gasteiger partial charge < -0.3 is 33.2 Å². The topological polar surface area (TPSA) is 157 Å². The number of nitriles is 1. The third-order valence-corrected chi connectivity index (χ3v) is 10.0. The molecule has 310 valence electrons. The molecule has 0 spiro atoms. The summed E-state index contributed by atoms with van der Waals surface area (Å²) in [5.41, 5.74) is 1.37. The minimum absolute atomic E-state index is 0.290. The van der Waals surface area contributed by atoms with Gasteiger partial charge >= 0.3 is 23.9 Å². The maximum absolute atomic E-state index is 13.1. The maximum Gasteiger partial charge on any atom is 0.343 e. The van der Waals surface area contributed by atoms with Crippen molar-refractivity contribution in [3.63, 3.8) is 0 Å². The summed E-state index contributed by atoms with van der Waals surface area (Å²) in [5.74, 6) is 0.289. The van der Waals surface area contributed by atoms with Crippen molar-refractivity contribution < 1.29 is 52.3 Å². The van der Waals surface area contributed by atoms with Crippen molar-refractivity contribution in [1.29, 1.82) is 5.26 Å². The van der Waals surface area contributed by atoms with Gasteiger partial charge in [0, 0.05) is 0 Å². The van der Waals surface area contributed by atoms with E-state index in [1.807, 2.05) is 56.3 Å². The molecule has 0 aliphatic heterocycles. The summed E-state index contributed by atoms with van der Waals surface area (Å²) in [6, 6.07) is 35.6. The molecule has 0 aliphatic carbocycles. The van der Waals surface area contributed by atoms with Gasteiger partial charge in [-0.25, -0.2) is 9.59 Å². The summed E-state index contributed by atoms with van der Waals surface area (Å²) in [5, 5.41) is 8.92. The highest BCUT2D eigenvalue weighted by Gasteiger charge is 2.35. The molecule has 0 aliphatic rings. The number of carbonyl (C=O) groups is 4. The first-order valence-corrected chi connectivity index (χ1v) is 19.3. The van der Waals surface area contributed by atoms with E-state index in [9.17, 15) is 19.2 Å². The Morgan fingerprint density at radius 2 is 0.967 bits per heavy atom. The second kappa shape index (κ2) is 20.5. The van der Waals surface area contributed by atoms with Crippen LogP contribution < -0.4 is 23.7 Å². The van der Waals surface area contributed by atoms with Gasteiger partial charge in [-0.15, -0.1) is 0 Å². The minimum atomic E-state index is -0.855. The van der Waals surface area contributed by atoms with Gasteiger partial charge in [-0.3, -0.25) is 9.59 Å². The molecule has 60 heavy (non-hydrogen) atoms. The van der Waals surface area contributed by atoms with Gasteiger partial charge in [0.1, 0.15) is 28.7 Å². The van der Waals surface area contributed by atoms with E-state index < -0.39 is 34.7 Å². The van der Waals surface area contributed by atoms with Gasteiger partial charge in [0.15, 0.2) is 0 Å². The largest absolute Gasteiger partial charge is 0.497 e. The zero-order valence-electron chi connectivity index (χ0n) is 34.2. The summed E-state index contributed by atoms with van der Waals surface area (Å²) in [4.78, 5) is 51.3. The highest BCUT2D eigenvalue weighted by molar-refractivity contribution is 5.92. The van der Waals surface area contributed by atoms with E-state index in [2.05, 4.69) is 0 Å². The lowest BCUT2D eigenvalue weighted by atomic mass is 9.79. The number of esters is 4. The number of hydrogen-bond donors (Lipinski definition) is 0. The van der Waals surface area contributed by atoms with Crippen molar-refractivity contribution in [1.82, 2.24) is 0 Å². The normalized spacial score (nSPS) is 11.9. The molecule has 0 amide bonds. The second-order valence-electron chi connectivity index (χ2n) is 14.8. The second-order valence-corrected chi connectivity index (χ2v) is 14.8. The first kappa shape index (κ1) is 44.0. The number of ether oxygens (including phenoxy) is 7. The van der Waals surface area contributed by atoms with Crippen LogP contribution in [-0.2, 0) is 19.1 Å². The Balaban J connectivity index is 0.991. The molecule has 5 aromatic carbocycles. The smallest absolute Gasteiger partial charge is 0.343 e. The standard InChI is InChI=1S/C48H47NO11/c1-6-48(4,46(53)58-32-56-40-24-16-36(17-25-40)43(50)59-41-18-8-33(30-49)9-19-41)29-7-28-47(2,3)45(52)57-31-55-39-22-14-37(15-23-39)44(51)60-42-26-12-35(13-27-42)34-10-20-38(54-5)21-11-34/h8-27H,6-7,28-29,31-32H2,1-5H3. The Morgan fingerprint density at radius 3 is 1.40 bits per heavy atom. The molecule has 5 aromatic rings. The lowest BCUT2D eigenvalue weighted by molar-refractivity contribution is -0.163. The van der Waals surface area contributed by atoms with E-state index in [-0.39, 0.29) is 19.1 Å². The highest BCUT2D eigenvalue weighted by atomic mass is 16.7. The summed E-state index contributed by atoms with van der Waals surface area (Å²) in [6.45, 7) is 6.61. The monoisotopic (exact) mass is 813 g/mol. The van der Waals surface area contributed by atoms with E-state index in [4.69, 9.17) is 38.4 Å². The Bertz CT molecular complexity index is 2260.